The zero-order valence-electron chi connectivity index (χ0n) is 14.3. The lowest BCUT2D eigenvalue weighted by atomic mass is 9.95. The maximum atomic E-state index is 11.0. The highest BCUT2D eigenvalue weighted by atomic mass is 79.9. The molecule has 1 heterocycles. The number of benzene rings is 2. The Labute approximate surface area is 157 Å². The molecule has 1 saturated heterocycles. The van der Waals surface area contributed by atoms with Crippen LogP contribution in [0.3, 0.4) is 0 Å². The predicted molar refractivity (Wildman–Crippen MR) is 103 cm³/mol. The molecule has 0 radical (unpaired) electrons. The van der Waals surface area contributed by atoms with Crippen molar-refractivity contribution in [3.05, 3.63) is 70.2 Å². The van der Waals surface area contributed by atoms with E-state index in [-0.39, 0.29) is 18.6 Å². The lowest BCUT2D eigenvalue weighted by Crippen LogP contribution is -2.54. The first-order valence-electron chi connectivity index (χ1n) is 8.55. The molecule has 0 aromatic heterocycles. The van der Waals surface area contributed by atoms with E-state index in [0.717, 1.165) is 24.1 Å². The number of hydrogen-bond donors (Lipinski definition) is 1. The monoisotopic (exact) mass is 402 g/mol. The van der Waals surface area contributed by atoms with Gasteiger partial charge in [-0.3, -0.25) is 14.6 Å². The van der Waals surface area contributed by atoms with Crippen molar-refractivity contribution in [1.29, 1.82) is 0 Å². The summed E-state index contributed by atoms with van der Waals surface area (Å²) in [5, 5.41) is 9.08. The molecule has 0 amide bonds. The summed E-state index contributed by atoms with van der Waals surface area (Å²) in [6.45, 7) is 4.69. The molecule has 0 bridgehead atoms. The first-order chi connectivity index (χ1) is 12.0. The molecule has 5 heteroatoms. The van der Waals surface area contributed by atoms with Crippen LogP contribution in [0.15, 0.2) is 59.1 Å². The number of rotatable bonds is 5. The number of carboxylic acid groups (broad SMARTS) is 1. The topological polar surface area (TPSA) is 43.8 Å². The number of aliphatic carboxylic acids is 1. The molecule has 1 N–H and O–H groups in total. The van der Waals surface area contributed by atoms with E-state index in [4.69, 9.17) is 5.11 Å². The molecular formula is C20H23BrN2O2. The van der Waals surface area contributed by atoms with Gasteiger partial charge in [0.05, 0.1) is 12.6 Å². The molecule has 132 valence electrons. The van der Waals surface area contributed by atoms with Crippen LogP contribution in [0.4, 0.5) is 0 Å². The third kappa shape index (κ3) is 4.48. The summed E-state index contributed by atoms with van der Waals surface area (Å²) in [5.74, 6) is -0.758. The van der Waals surface area contributed by atoms with Gasteiger partial charge in [0.25, 0.3) is 0 Å². The van der Waals surface area contributed by atoms with Gasteiger partial charge in [-0.1, -0.05) is 58.4 Å². The van der Waals surface area contributed by atoms with Gasteiger partial charge in [-0.15, -0.1) is 0 Å². The highest BCUT2D eigenvalue weighted by Gasteiger charge is 2.30. The molecule has 2 aromatic carbocycles. The van der Waals surface area contributed by atoms with Gasteiger partial charge in [-0.25, -0.2) is 0 Å². The van der Waals surface area contributed by atoms with Crippen LogP contribution in [0.1, 0.15) is 24.1 Å². The van der Waals surface area contributed by atoms with Gasteiger partial charge in [0.1, 0.15) is 0 Å². The standard InChI is InChI=1S/C20H23BrN2O2/c1-15-13-23(11-10-22(15)14-19(24)25)20(16-6-3-2-4-7-16)17-8-5-9-18(21)12-17/h2-9,12,15,20H,10-11,13-14H2,1H3,(H,24,25)/t15-,20?/m1/s1. The van der Waals surface area contributed by atoms with Gasteiger partial charge in [0, 0.05) is 30.1 Å². The van der Waals surface area contributed by atoms with Crippen molar-refractivity contribution >= 4 is 21.9 Å². The number of halogens is 1. The van der Waals surface area contributed by atoms with Gasteiger partial charge in [-0.2, -0.15) is 0 Å². The Balaban J connectivity index is 1.87. The number of carbonyl (C=O) groups is 1. The highest BCUT2D eigenvalue weighted by molar-refractivity contribution is 9.10. The van der Waals surface area contributed by atoms with Crippen LogP contribution in [-0.4, -0.2) is 53.1 Å². The number of piperazine rings is 1. The minimum Gasteiger partial charge on any atom is -0.480 e. The second-order valence-electron chi connectivity index (χ2n) is 6.58. The van der Waals surface area contributed by atoms with Gasteiger partial charge in [-0.05, 0) is 30.2 Å². The first-order valence-corrected chi connectivity index (χ1v) is 9.34. The van der Waals surface area contributed by atoms with Gasteiger partial charge < -0.3 is 5.11 Å². The van der Waals surface area contributed by atoms with Gasteiger partial charge in [0.15, 0.2) is 0 Å². The van der Waals surface area contributed by atoms with Crippen LogP contribution in [0, 0.1) is 0 Å². The van der Waals surface area contributed by atoms with Crippen LogP contribution >= 0.6 is 15.9 Å². The largest absolute Gasteiger partial charge is 0.480 e. The molecule has 0 saturated carbocycles. The molecule has 0 aliphatic carbocycles. The number of carboxylic acids is 1. The summed E-state index contributed by atoms with van der Waals surface area (Å²) >= 11 is 3.58. The van der Waals surface area contributed by atoms with Gasteiger partial charge >= 0.3 is 5.97 Å². The van der Waals surface area contributed by atoms with E-state index in [0.29, 0.717) is 0 Å². The summed E-state index contributed by atoms with van der Waals surface area (Å²) in [7, 11) is 0. The summed E-state index contributed by atoms with van der Waals surface area (Å²) in [6.07, 6.45) is 0. The molecular weight excluding hydrogens is 380 g/mol. The maximum Gasteiger partial charge on any atom is 0.317 e. The van der Waals surface area contributed by atoms with Crippen LogP contribution in [-0.2, 0) is 4.79 Å². The summed E-state index contributed by atoms with van der Waals surface area (Å²) in [4.78, 5) is 15.6. The third-order valence-corrected chi connectivity index (χ3v) is 5.27. The van der Waals surface area contributed by atoms with E-state index in [1.807, 2.05) is 17.0 Å². The Morgan fingerprint density at radius 3 is 2.52 bits per heavy atom. The molecule has 1 aliphatic rings. The van der Waals surface area contributed by atoms with Crippen LogP contribution in [0.2, 0.25) is 0 Å². The zero-order valence-corrected chi connectivity index (χ0v) is 15.9. The number of hydrogen-bond acceptors (Lipinski definition) is 3. The summed E-state index contributed by atoms with van der Waals surface area (Å²) in [6, 6.07) is 19.3. The molecule has 1 fully saturated rings. The molecule has 1 aliphatic heterocycles. The normalized spacial score (nSPS) is 20.3. The minimum atomic E-state index is -0.758. The molecule has 0 spiro atoms. The van der Waals surface area contributed by atoms with E-state index < -0.39 is 5.97 Å². The smallest absolute Gasteiger partial charge is 0.317 e. The van der Waals surface area contributed by atoms with Crippen LogP contribution in [0.5, 0.6) is 0 Å². The predicted octanol–water partition coefficient (Wildman–Crippen LogP) is 3.63. The van der Waals surface area contributed by atoms with Crippen molar-refractivity contribution in [2.45, 2.75) is 19.0 Å². The van der Waals surface area contributed by atoms with Crippen molar-refractivity contribution in [2.24, 2.45) is 0 Å². The lowest BCUT2D eigenvalue weighted by Gasteiger charge is -2.43. The fourth-order valence-electron chi connectivity index (χ4n) is 3.59. The Morgan fingerprint density at radius 1 is 1.16 bits per heavy atom. The molecule has 4 nitrogen and oxygen atoms in total. The number of nitrogens with zero attached hydrogens (tertiary/aromatic N) is 2. The van der Waals surface area contributed by atoms with Crippen molar-refractivity contribution in [3.63, 3.8) is 0 Å². The fourth-order valence-corrected chi connectivity index (χ4v) is 4.01. The quantitative estimate of drug-likeness (QED) is 0.828. The SMILES string of the molecule is C[C@@H]1CN(C(c2ccccc2)c2cccc(Br)c2)CCN1CC(=O)O. The Kier molecular flexibility index (Phi) is 5.89. The van der Waals surface area contributed by atoms with Crippen LogP contribution in [0.25, 0.3) is 0 Å². The Morgan fingerprint density at radius 2 is 1.88 bits per heavy atom. The average Bonchev–Trinajstić information content (AvgIpc) is 2.58. The lowest BCUT2D eigenvalue weighted by molar-refractivity contribution is -0.139. The minimum absolute atomic E-state index is 0.113. The fraction of sp³-hybridized carbons (Fsp3) is 0.350. The van der Waals surface area contributed by atoms with E-state index in [2.05, 4.69) is 70.2 Å². The molecule has 25 heavy (non-hydrogen) atoms. The first kappa shape index (κ1) is 18.1. The van der Waals surface area contributed by atoms with Crippen molar-refractivity contribution in [3.8, 4) is 0 Å². The molecule has 2 aromatic rings. The average molecular weight is 403 g/mol. The van der Waals surface area contributed by atoms with E-state index in [1.54, 1.807) is 0 Å². The van der Waals surface area contributed by atoms with Gasteiger partial charge in [0.2, 0.25) is 0 Å². The van der Waals surface area contributed by atoms with Crippen molar-refractivity contribution in [1.82, 2.24) is 9.80 Å². The maximum absolute atomic E-state index is 11.0. The second kappa shape index (κ2) is 8.13. The van der Waals surface area contributed by atoms with E-state index in [1.165, 1.54) is 11.1 Å². The summed E-state index contributed by atoms with van der Waals surface area (Å²) in [5.41, 5.74) is 2.51. The third-order valence-electron chi connectivity index (χ3n) is 4.78. The second-order valence-corrected chi connectivity index (χ2v) is 7.49. The Bertz CT molecular complexity index is 723. The molecule has 2 atom stereocenters. The van der Waals surface area contributed by atoms with Crippen LogP contribution < -0.4 is 0 Å². The highest BCUT2D eigenvalue weighted by Crippen LogP contribution is 2.31. The molecule has 3 rings (SSSR count). The summed E-state index contributed by atoms with van der Waals surface area (Å²) < 4.78 is 1.07. The van der Waals surface area contributed by atoms with E-state index >= 15 is 0 Å². The van der Waals surface area contributed by atoms with Crippen molar-refractivity contribution < 1.29 is 9.90 Å². The zero-order chi connectivity index (χ0) is 17.8. The molecule has 1 unspecified atom stereocenters. The van der Waals surface area contributed by atoms with E-state index in [9.17, 15) is 4.79 Å². The van der Waals surface area contributed by atoms with Crippen molar-refractivity contribution in [2.75, 3.05) is 26.2 Å². The Hall–Kier alpha value is -1.69.